The summed E-state index contributed by atoms with van der Waals surface area (Å²) in [4.78, 5) is 0. The SMILES string of the molecule is C=CC[C@@H]1OC(C)(C)OC[C@H]1[C@@H](CC=C)OCOCCOC. The van der Waals surface area contributed by atoms with Crippen LogP contribution in [0, 0.1) is 5.92 Å². The summed E-state index contributed by atoms with van der Waals surface area (Å²) in [5.41, 5.74) is 0. The fourth-order valence-corrected chi connectivity index (χ4v) is 2.49. The van der Waals surface area contributed by atoms with E-state index in [2.05, 4.69) is 13.2 Å². The van der Waals surface area contributed by atoms with Gasteiger partial charge in [0.2, 0.25) is 0 Å². The van der Waals surface area contributed by atoms with Crippen molar-refractivity contribution in [2.45, 2.75) is 44.7 Å². The second-order valence-electron chi connectivity index (χ2n) is 5.80. The monoisotopic (exact) mass is 314 g/mol. The molecular weight excluding hydrogens is 284 g/mol. The molecule has 0 spiro atoms. The molecule has 0 aliphatic carbocycles. The minimum Gasteiger partial charge on any atom is -0.382 e. The summed E-state index contributed by atoms with van der Waals surface area (Å²) in [6.07, 6.45) is 5.17. The molecule has 3 atom stereocenters. The van der Waals surface area contributed by atoms with E-state index in [1.807, 2.05) is 26.0 Å². The highest BCUT2D eigenvalue weighted by atomic mass is 16.7. The Hall–Kier alpha value is -0.720. The quantitative estimate of drug-likeness (QED) is 0.333. The Morgan fingerprint density at radius 1 is 1.27 bits per heavy atom. The zero-order chi connectivity index (χ0) is 16.4. The molecule has 22 heavy (non-hydrogen) atoms. The van der Waals surface area contributed by atoms with Crippen LogP contribution in [-0.4, -0.2) is 51.7 Å². The summed E-state index contributed by atoms with van der Waals surface area (Å²) in [5.74, 6) is -0.451. The molecule has 128 valence electrons. The standard InChI is InChI=1S/C17H30O5/c1-6-8-15(20-13-19-11-10-18-5)14-12-21-17(3,4)22-16(14)9-7-2/h6-7,14-16H,1-2,8-13H2,3-5H3/t14-,15+,16-/m0/s1. The average molecular weight is 314 g/mol. The number of hydrogen-bond acceptors (Lipinski definition) is 5. The van der Waals surface area contributed by atoms with E-state index < -0.39 is 5.79 Å². The topological polar surface area (TPSA) is 46.2 Å². The first kappa shape index (κ1) is 19.3. The van der Waals surface area contributed by atoms with Gasteiger partial charge < -0.3 is 23.7 Å². The third-order valence-electron chi connectivity index (χ3n) is 3.61. The van der Waals surface area contributed by atoms with Crippen LogP contribution in [0.15, 0.2) is 25.3 Å². The minimum atomic E-state index is -0.572. The summed E-state index contributed by atoms with van der Waals surface area (Å²) in [6.45, 7) is 13.4. The molecule has 0 aromatic heterocycles. The highest BCUT2D eigenvalue weighted by molar-refractivity contribution is 4.90. The van der Waals surface area contributed by atoms with Crippen LogP contribution in [0.5, 0.6) is 0 Å². The molecule has 0 aromatic carbocycles. The molecule has 1 fully saturated rings. The Morgan fingerprint density at radius 2 is 2.05 bits per heavy atom. The molecule has 5 heteroatoms. The number of ether oxygens (including phenoxy) is 5. The highest BCUT2D eigenvalue weighted by Gasteiger charge is 2.39. The maximum Gasteiger partial charge on any atom is 0.163 e. The molecular formula is C17H30O5. The molecule has 1 heterocycles. The fraction of sp³-hybridized carbons (Fsp3) is 0.765. The van der Waals surface area contributed by atoms with Gasteiger partial charge in [0, 0.05) is 13.0 Å². The van der Waals surface area contributed by atoms with Gasteiger partial charge in [-0.2, -0.15) is 0 Å². The largest absolute Gasteiger partial charge is 0.382 e. The molecule has 1 aliphatic rings. The Morgan fingerprint density at radius 3 is 2.68 bits per heavy atom. The van der Waals surface area contributed by atoms with Gasteiger partial charge in [-0.25, -0.2) is 0 Å². The highest BCUT2D eigenvalue weighted by Crippen LogP contribution is 2.32. The Kier molecular flexibility index (Phi) is 8.90. The predicted octanol–water partition coefficient (Wildman–Crippen LogP) is 2.91. The summed E-state index contributed by atoms with van der Waals surface area (Å²) in [6, 6.07) is 0. The Labute approximate surface area is 134 Å². The number of rotatable bonds is 11. The van der Waals surface area contributed by atoms with Crippen molar-refractivity contribution in [3.63, 3.8) is 0 Å². The van der Waals surface area contributed by atoms with Crippen molar-refractivity contribution >= 4 is 0 Å². The first-order valence-electron chi connectivity index (χ1n) is 7.76. The maximum absolute atomic E-state index is 6.03. The van der Waals surface area contributed by atoms with Gasteiger partial charge in [-0.15, -0.1) is 13.2 Å². The Bertz CT molecular complexity index is 329. The van der Waals surface area contributed by atoms with Crippen LogP contribution in [-0.2, 0) is 23.7 Å². The minimum absolute atomic E-state index is 0.0187. The van der Waals surface area contributed by atoms with Crippen LogP contribution >= 0.6 is 0 Å². The van der Waals surface area contributed by atoms with E-state index in [1.54, 1.807) is 7.11 Å². The van der Waals surface area contributed by atoms with Crippen molar-refractivity contribution in [3.8, 4) is 0 Å². The van der Waals surface area contributed by atoms with Crippen molar-refractivity contribution in [2.75, 3.05) is 33.7 Å². The second-order valence-corrected chi connectivity index (χ2v) is 5.80. The van der Waals surface area contributed by atoms with Crippen molar-refractivity contribution in [3.05, 3.63) is 25.3 Å². The first-order valence-corrected chi connectivity index (χ1v) is 7.76. The van der Waals surface area contributed by atoms with Crippen LogP contribution in [0.3, 0.4) is 0 Å². The van der Waals surface area contributed by atoms with Gasteiger partial charge in [-0.3, -0.25) is 0 Å². The molecule has 0 aromatic rings. The molecule has 0 unspecified atom stereocenters. The molecule has 0 radical (unpaired) electrons. The van der Waals surface area contributed by atoms with Gasteiger partial charge >= 0.3 is 0 Å². The van der Waals surface area contributed by atoms with Crippen LogP contribution in [0.4, 0.5) is 0 Å². The molecule has 1 aliphatic heterocycles. The average Bonchev–Trinajstić information content (AvgIpc) is 2.46. The van der Waals surface area contributed by atoms with Gasteiger partial charge in [0.15, 0.2) is 5.79 Å². The van der Waals surface area contributed by atoms with Crippen molar-refractivity contribution in [2.24, 2.45) is 5.92 Å². The zero-order valence-corrected chi connectivity index (χ0v) is 14.1. The third kappa shape index (κ3) is 6.58. The lowest BCUT2D eigenvalue weighted by Crippen LogP contribution is -2.50. The normalized spacial score (nSPS) is 25.6. The van der Waals surface area contributed by atoms with Gasteiger partial charge in [0.1, 0.15) is 6.79 Å². The van der Waals surface area contributed by atoms with E-state index in [4.69, 9.17) is 23.7 Å². The van der Waals surface area contributed by atoms with E-state index >= 15 is 0 Å². The lowest BCUT2D eigenvalue weighted by molar-refractivity contribution is -0.306. The summed E-state index contributed by atoms with van der Waals surface area (Å²) in [7, 11) is 1.64. The van der Waals surface area contributed by atoms with Crippen molar-refractivity contribution < 1.29 is 23.7 Å². The smallest absolute Gasteiger partial charge is 0.163 e. The number of methoxy groups -OCH3 is 1. The van der Waals surface area contributed by atoms with Crippen molar-refractivity contribution in [1.29, 1.82) is 0 Å². The first-order chi connectivity index (χ1) is 10.5. The molecule has 1 rings (SSSR count). The van der Waals surface area contributed by atoms with Gasteiger partial charge in [-0.05, 0) is 26.7 Å². The van der Waals surface area contributed by atoms with Crippen LogP contribution in [0.2, 0.25) is 0 Å². The molecule has 0 N–H and O–H groups in total. The third-order valence-corrected chi connectivity index (χ3v) is 3.61. The molecule has 0 saturated carbocycles. The van der Waals surface area contributed by atoms with E-state index in [9.17, 15) is 0 Å². The maximum atomic E-state index is 6.03. The zero-order valence-electron chi connectivity index (χ0n) is 14.1. The van der Waals surface area contributed by atoms with E-state index in [0.29, 0.717) is 19.8 Å². The van der Waals surface area contributed by atoms with Crippen LogP contribution < -0.4 is 0 Å². The molecule has 0 amide bonds. The lowest BCUT2D eigenvalue weighted by Gasteiger charge is -2.43. The lowest BCUT2D eigenvalue weighted by atomic mass is 9.90. The van der Waals surface area contributed by atoms with E-state index in [1.165, 1.54) is 0 Å². The van der Waals surface area contributed by atoms with Crippen LogP contribution in [0.1, 0.15) is 26.7 Å². The van der Waals surface area contributed by atoms with Crippen molar-refractivity contribution in [1.82, 2.24) is 0 Å². The van der Waals surface area contributed by atoms with Gasteiger partial charge in [0.05, 0.1) is 32.0 Å². The molecule has 0 bridgehead atoms. The Balaban J connectivity index is 2.58. The van der Waals surface area contributed by atoms with Gasteiger partial charge in [-0.1, -0.05) is 12.2 Å². The summed E-state index contributed by atoms with van der Waals surface area (Å²) in [5, 5.41) is 0. The summed E-state index contributed by atoms with van der Waals surface area (Å²) < 4.78 is 28.0. The molecule has 5 nitrogen and oxygen atoms in total. The molecule has 1 saturated heterocycles. The second kappa shape index (κ2) is 10.1. The predicted molar refractivity (Wildman–Crippen MR) is 85.6 cm³/mol. The fourth-order valence-electron chi connectivity index (χ4n) is 2.49. The van der Waals surface area contributed by atoms with Crippen LogP contribution in [0.25, 0.3) is 0 Å². The number of hydrogen-bond donors (Lipinski definition) is 0. The van der Waals surface area contributed by atoms with E-state index in [0.717, 1.165) is 12.8 Å². The summed E-state index contributed by atoms with van der Waals surface area (Å²) >= 11 is 0. The van der Waals surface area contributed by atoms with Gasteiger partial charge in [0.25, 0.3) is 0 Å². The van der Waals surface area contributed by atoms with E-state index in [-0.39, 0.29) is 24.9 Å².